The highest BCUT2D eigenvalue weighted by molar-refractivity contribution is 5.40. The van der Waals surface area contributed by atoms with Crippen molar-refractivity contribution >= 4 is 0 Å². The minimum atomic E-state index is -0.239. The van der Waals surface area contributed by atoms with Crippen LogP contribution in [0.2, 0.25) is 0 Å². The van der Waals surface area contributed by atoms with Crippen molar-refractivity contribution in [1.82, 2.24) is 4.98 Å². The molecule has 0 aliphatic heterocycles. The summed E-state index contributed by atoms with van der Waals surface area (Å²) in [5, 5.41) is 8.97. The molecule has 0 atom stereocenters. The molecular weight excluding hydrogens is 188 g/mol. The third-order valence-electron chi connectivity index (χ3n) is 3.03. The maximum Gasteiger partial charge on any atom is 0.266 e. The summed E-state index contributed by atoms with van der Waals surface area (Å²) < 4.78 is 0. The Bertz CT molecular complexity index is 454. The van der Waals surface area contributed by atoms with Crippen molar-refractivity contribution < 1.29 is 0 Å². The van der Waals surface area contributed by atoms with Crippen molar-refractivity contribution in [2.75, 3.05) is 0 Å². The van der Waals surface area contributed by atoms with E-state index >= 15 is 0 Å². The highest BCUT2D eigenvalue weighted by Crippen LogP contribution is 2.20. The van der Waals surface area contributed by atoms with Gasteiger partial charge in [-0.2, -0.15) is 5.26 Å². The van der Waals surface area contributed by atoms with Crippen LogP contribution in [0.1, 0.15) is 42.4 Å². The van der Waals surface area contributed by atoms with Crippen molar-refractivity contribution in [1.29, 1.82) is 5.26 Å². The van der Waals surface area contributed by atoms with Gasteiger partial charge in [-0.1, -0.05) is 12.8 Å². The lowest BCUT2D eigenvalue weighted by Crippen LogP contribution is -2.16. The van der Waals surface area contributed by atoms with Crippen molar-refractivity contribution in [3.63, 3.8) is 0 Å². The third-order valence-corrected chi connectivity index (χ3v) is 3.03. The van der Waals surface area contributed by atoms with Crippen molar-refractivity contribution in [3.8, 4) is 6.07 Å². The van der Waals surface area contributed by atoms with Gasteiger partial charge < -0.3 is 4.98 Å². The molecule has 0 saturated carbocycles. The molecule has 0 spiro atoms. The topological polar surface area (TPSA) is 56.6 Å². The molecule has 0 bridgehead atoms. The molecule has 0 fully saturated rings. The summed E-state index contributed by atoms with van der Waals surface area (Å²) in [7, 11) is 0. The minimum absolute atomic E-state index is 0.239. The van der Waals surface area contributed by atoms with Gasteiger partial charge in [0.05, 0.1) is 0 Å². The van der Waals surface area contributed by atoms with Crippen LogP contribution in [-0.4, -0.2) is 4.98 Å². The average molecular weight is 202 g/mol. The number of rotatable bonds is 0. The zero-order valence-electron chi connectivity index (χ0n) is 8.68. The first-order chi connectivity index (χ1) is 7.33. The van der Waals surface area contributed by atoms with Gasteiger partial charge in [0.15, 0.2) is 0 Å². The Kier molecular flexibility index (Phi) is 2.86. The minimum Gasteiger partial charge on any atom is -0.328 e. The molecule has 15 heavy (non-hydrogen) atoms. The SMILES string of the molecule is N#Cc1c2c(c[nH]c1=O)CCCCCC2. The van der Waals surface area contributed by atoms with E-state index in [2.05, 4.69) is 4.98 Å². The summed E-state index contributed by atoms with van der Waals surface area (Å²) in [5.41, 5.74) is 2.23. The second-order valence-corrected chi connectivity index (χ2v) is 4.02. The van der Waals surface area contributed by atoms with Crippen LogP contribution >= 0.6 is 0 Å². The molecular formula is C12H14N2O. The van der Waals surface area contributed by atoms with Gasteiger partial charge in [0.1, 0.15) is 11.6 Å². The Morgan fingerprint density at radius 1 is 1.20 bits per heavy atom. The van der Waals surface area contributed by atoms with Gasteiger partial charge >= 0.3 is 0 Å². The lowest BCUT2D eigenvalue weighted by Gasteiger charge is -2.13. The van der Waals surface area contributed by atoms with E-state index in [0.717, 1.165) is 36.8 Å². The van der Waals surface area contributed by atoms with E-state index in [4.69, 9.17) is 5.26 Å². The predicted octanol–water partition coefficient (Wildman–Crippen LogP) is 1.91. The fourth-order valence-corrected chi connectivity index (χ4v) is 2.21. The number of H-pyrrole nitrogens is 1. The molecule has 1 aromatic rings. The average Bonchev–Trinajstić information content (AvgIpc) is 2.20. The quantitative estimate of drug-likeness (QED) is 0.698. The molecule has 0 aromatic carbocycles. The summed E-state index contributed by atoms with van der Waals surface area (Å²) in [6.07, 6.45) is 8.35. The highest BCUT2D eigenvalue weighted by Gasteiger charge is 2.13. The van der Waals surface area contributed by atoms with E-state index in [9.17, 15) is 4.79 Å². The molecule has 3 nitrogen and oxygen atoms in total. The monoisotopic (exact) mass is 202 g/mol. The largest absolute Gasteiger partial charge is 0.328 e. The fraction of sp³-hybridized carbons (Fsp3) is 0.500. The van der Waals surface area contributed by atoms with Crippen LogP contribution in [0.4, 0.5) is 0 Å². The first kappa shape index (κ1) is 9.97. The maximum atomic E-state index is 11.4. The first-order valence-electron chi connectivity index (χ1n) is 5.46. The van der Waals surface area contributed by atoms with E-state index in [0.29, 0.717) is 5.56 Å². The molecule has 0 unspecified atom stereocenters. The number of hydrogen-bond acceptors (Lipinski definition) is 2. The van der Waals surface area contributed by atoms with Crippen molar-refractivity contribution in [2.24, 2.45) is 0 Å². The van der Waals surface area contributed by atoms with Gasteiger partial charge in [-0.3, -0.25) is 4.79 Å². The van der Waals surface area contributed by atoms with E-state index in [-0.39, 0.29) is 5.56 Å². The molecule has 1 aliphatic rings. The van der Waals surface area contributed by atoms with Gasteiger partial charge in [0, 0.05) is 6.20 Å². The Hall–Kier alpha value is -1.56. The molecule has 0 saturated heterocycles. The molecule has 0 radical (unpaired) electrons. The smallest absolute Gasteiger partial charge is 0.266 e. The molecule has 1 aromatic heterocycles. The number of fused-ring (bicyclic) bond motifs is 1. The fourth-order valence-electron chi connectivity index (χ4n) is 2.21. The molecule has 3 heteroatoms. The predicted molar refractivity (Wildman–Crippen MR) is 57.7 cm³/mol. The van der Waals surface area contributed by atoms with E-state index in [1.807, 2.05) is 6.07 Å². The van der Waals surface area contributed by atoms with Crippen LogP contribution in [0.25, 0.3) is 0 Å². The second-order valence-electron chi connectivity index (χ2n) is 4.02. The molecule has 1 heterocycles. The highest BCUT2D eigenvalue weighted by atomic mass is 16.1. The van der Waals surface area contributed by atoms with Gasteiger partial charge in [-0.25, -0.2) is 0 Å². The standard InChI is InChI=1S/C12H14N2O/c13-7-11-10-6-4-2-1-3-5-9(10)8-14-12(11)15/h8H,1-6H2,(H,14,15). The van der Waals surface area contributed by atoms with Crippen LogP contribution in [0, 0.1) is 11.3 Å². The zero-order chi connectivity index (χ0) is 10.7. The summed E-state index contributed by atoms with van der Waals surface area (Å²) in [6, 6.07) is 2.03. The number of nitrogens with one attached hydrogen (secondary N) is 1. The number of nitriles is 1. The lowest BCUT2D eigenvalue weighted by molar-refractivity contribution is 0.614. The van der Waals surface area contributed by atoms with Gasteiger partial charge in [0.25, 0.3) is 5.56 Å². The van der Waals surface area contributed by atoms with Gasteiger partial charge in [-0.05, 0) is 36.8 Å². The van der Waals surface area contributed by atoms with Gasteiger partial charge in [0.2, 0.25) is 0 Å². The summed E-state index contributed by atoms with van der Waals surface area (Å²) in [6.45, 7) is 0. The van der Waals surface area contributed by atoms with Crippen LogP contribution in [0.3, 0.4) is 0 Å². The lowest BCUT2D eigenvalue weighted by atomic mass is 9.92. The molecule has 78 valence electrons. The Labute approximate surface area is 88.8 Å². The van der Waals surface area contributed by atoms with E-state index < -0.39 is 0 Å². The summed E-state index contributed by atoms with van der Waals surface area (Å²) >= 11 is 0. The van der Waals surface area contributed by atoms with E-state index in [1.54, 1.807) is 6.20 Å². The number of aryl methyl sites for hydroxylation is 1. The zero-order valence-corrected chi connectivity index (χ0v) is 8.68. The van der Waals surface area contributed by atoms with Gasteiger partial charge in [-0.15, -0.1) is 0 Å². The summed E-state index contributed by atoms with van der Waals surface area (Å²) in [5.74, 6) is 0. The summed E-state index contributed by atoms with van der Waals surface area (Å²) in [4.78, 5) is 14.1. The van der Waals surface area contributed by atoms with Crippen LogP contribution in [0.15, 0.2) is 11.0 Å². The Morgan fingerprint density at radius 3 is 2.67 bits per heavy atom. The number of aromatic amines is 1. The van der Waals surface area contributed by atoms with E-state index in [1.165, 1.54) is 12.8 Å². The number of aromatic nitrogens is 1. The normalized spacial score (nSPS) is 15.9. The van der Waals surface area contributed by atoms with Crippen LogP contribution < -0.4 is 5.56 Å². The number of nitrogens with zero attached hydrogens (tertiary/aromatic N) is 1. The van der Waals surface area contributed by atoms with Crippen molar-refractivity contribution in [3.05, 3.63) is 33.2 Å². The number of pyridine rings is 1. The molecule has 2 rings (SSSR count). The molecule has 0 amide bonds. The van der Waals surface area contributed by atoms with Crippen LogP contribution in [-0.2, 0) is 12.8 Å². The number of hydrogen-bond donors (Lipinski definition) is 1. The maximum absolute atomic E-state index is 11.4. The Balaban J connectivity index is 2.52. The van der Waals surface area contributed by atoms with Crippen LogP contribution in [0.5, 0.6) is 0 Å². The Morgan fingerprint density at radius 2 is 1.93 bits per heavy atom. The third kappa shape index (κ3) is 1.94. The second kappa shape index (κ2) is 4.31. The van der Waals surface area contributed by atoms with Crippen molar-refractivity contribution in [2.45, 2.75) is 38.5 Å². The first-order valence-corrected chi connectivity index (χ1v) is 5.46. The molecule has 1 aliphatic carbocycles. The molecule has 1 N–H and O–H groups in total.